The zero-order valence-corrected chi connectivity index (χ0v) is 9.92. The number of nitrogens with zero attached hydrogens (tertiary/aromatic N) is 1. The average Bonchev–Trinajstić information content (AvgIpc) is 2.70. The molecule has 0 aliphatic heterocycles. The molecule has 16 heavy (non-hydrogen) atoms. The second-order valence-corrected chi connectivity index (χ2v) is 4.04. The zero-order valence-electron chi connectivity index (χ0n) is 9.92. The number of aromatic nitrogens is 2. The number of H-pyrrole nitrogens is 1. The molecule has 1 rings (SSSR count). The number of amides is 1. The highest BCUT2D eigenvalue weighted by molar-refractivity contribution is 5.76. The maximum absolute atomic E-state index is 11.4. The average molecular weight is 224 g/mol. The first-order valence-electron chi connectivity index (χ1n) is 5.66. The SMILES string of the molecule is CC(C)NCCC(=O)NCCc1cnc[nH]1. The Morgan fingerprint density at radius 2 is 2.31 bits per heavy atom. The minimum absolute atomic E-state index is 0.0904. The molecule has 0 unspecified atom stereocenters. The lowest BCUT2D eigenvalue weighted by Crippen LogP contribution is -2.31. The summed E-state index contributed by atoms with van der Waals surface area (Å²) in [6.07, 6.45) is 4.74. The normalized spacial score (nSPS) is 10.7. The van der Waals surface area contributed by atoms with Crippen molar-refractivity contribution in [3.63, 3.8) is 0 Å². The second-order valence-electron chi connectivity index (χ2n) is 4.04. The highest BCUT2D eigenvalue weighted by atomic mass is 16.1. The monoisotopic (exact) mass is 224 g/mol. The molecule has 0 fully saturated rings. The highest BCUT2D eigenvalue weighted by Crippen LogP contribution is 1.90. The number of aromatic amines is 1. The minimum atomic E-state index is 0.0904. The van der Waals surface area contributed by atoms with Gasteiger partial charge in [0.05, 0.1) is 6.33 Å². The fraction of sp³-hybridized carbons (Fsp3) is 0.636. The summed E-state index contributed by atoms with van der Waals surface area (Å²) in [7, 11) is 0. The molecule has 90 valence electrons. The number of carbonyl (C=O) groups is 1. The van der Waals surface area contributed by atoms with Crippen LogP contribution in [0.1, 0.15) is 26.0 Å². The molecule has 0 radical (unpaired) electrons. The van der Waals surface area contributed by atoms with Gasteiger partial charge in [-0.2, -0.15) is 0 Å². The molecule has 0 aromatic carbocycles. The molecule has 5 nitrogen and oxygen atoms in total. The Balaban J connectivity index is 2.02. The van der Waals surface area contributed by atoms with Crippen molar-refractivity contribution in [2.45, 2.75) is 32.7 Å². The summed E-state index contributed by atoms with van der Waals surface area (Å²) in [6.45, 7) is 5.52. The van der Waals surface area contributed by atoms with Crippen LogP contribution < -0.4 is 10.6 Å². The van der Waals surface area contributed by atoms with Gasteiger partial charge in [0.25, 0.3) is 0 Å². The van der Waals surface area contributed by atoms with Crippen molar-refractivity contribution in [3.8, 4) is 0 Å². The van der Waals surface area contributed by atoms with Gasteiger partial charge in [0.1, 0.15) is 0 Å². The van der Waals surface area contributed by atoms with Crippen LogP contribution in [0.3, 0.4) is 0 Å². The summed E-state index contributed by atoms with van der Waals surface area (Å²) in [5.74, 6) is 0.0904. The van der Waals surface area contributed by atoms with Gasteiger partial charge in [0.15, 0.2) is 0 Å². The number of imidazole rings is 1. The molecule has 0 spiro atoms. The molecule has 5 heteroatoms. The molecule has 0 saturated carbocycles. The van der Waals surface area contributed by atoms with Gasteiger partial charge in [-0.25, -0.2) is 4.98 Å². The molecule has 0 saturated heterocycles. The third-order valence-corrected chi connectivity index (χ3v) is 2.18. The Morgan fingerprint density at radius 3 is 2.94 bits per heavy atom. The number of carbonyl (C=O) groups excluding carboxylic acids is 1. The summed E-state index contributed by atoms with van der Waals surface area (Å²) in [5, 5.41) is 6.07. The van der Waals surface area contributed by atoms with E-state index in [1.54, 1.807) is 12.5 Å². The highest BCUT2D eigenvalue weighted by Gasteiger charge is 2.01. The predicted molar refractivity (Wildman–Crippen MR) is 63.1 cm³/mol. The number of rotatable bonds is 7. The zero-order chi connectivity index (χ0) is 11.8. The van der Waals surface area contributed by atoms with E-state index in [4.69, 9.17) is 0 Å². The molecule has 1 aromatic rings. The van der Waals surface area contributed by atoms with Gasteiger partial charge >= 0.3 is 0 Å². The van der Waals surface area contributed by atoms with Crippen molar-refractivity contribution in [3.05, 3.63) is 18.2 Å². The molecule has 1 heterocycles. The van der Waals surface area contributed by atoms with E-state index in [0.29, 0.717) is 19.0 Å². The summed E-state index contributed by atoms with van der Waals surface area (Å²) >= 11 is 0. The number of hydrogen-bond acceptors (Lipinski definition) is 3. The van der Waals surface area contributed by atoms with E-state index in [1.807, 2.05) is 0 Å². The van der Waals surface area contributed by atoms with Crippen molar-refractivity contribution >= 4 is 5.91 Å². The smallest absolute Gasteiger partial charge is 0.221 e. The maximum Gasteiger partial charge on any atom is 0.221 e. The van der Waals surface area contributed by atoms with Gasteiger partial charge in [0, 0.05) is 43.9 Å². The van der Waals surface area contributed by atoms with Crippen LogP contribution in [-0.4, -0.2) is 35.0 Å². The van der Waals surface area contributed by atoms with E-state index in [9.17, 15) is 4.79 Å². The topological polar surface area (TPSA) is 69.8 Å². The van der Waals surface area contributed by atoms with Crippen LogP contribution in [0, 0.1) is 0 Å². The van der Waals surface area contributed by atoms with E-state index in [-0.39, 0.29) is 5.91 Å². The van der Waals surface area contributed by atoms with Gasteiger partial charge in [-0.1, -0.05) is 13.8 Å². The Hall–Kier alpha value is -1.36. The third kappa shape index (κ3) is 5.50. The molecule has 0 aliphatic rings. The molecule has 3 N–H and O–H groups in total. The van der Waals surface area contributed by atoms with Crippen LogP contribution in [0.5, 0.6) is 0 Å². The first-order chi connectivity index (χ1) is 7.68. The summed E-state index contributed by atoms with van der Waals surface area (Å²) in [5.41, 5.74) is 1.04. The van der Waals surface area contributed by atoms with Crippen molar-refractivity contribution in [2.75, 3.05) is 13.1 Å². The summed E-state index contributed by atoms with van der Waals surface area (Å²) in [4.78, 5) is 18.3. The van der Waals surface area contributed by atoms with Crippen LogP contribution >= 0.6 is 0 Å². The summed E-state index contributed by atoms with van der Waals surface area (Å²) < 4.78 is 0. The van der Waals surface area contributed by atoms with Crippen molar-refractivity contribution in [1.29, 1.82) is 0 Å². The van der Waals surface area contributed by atoms with Gasteiger partial charge in [-0.05, 0) is 0 Å². The molecular weight excluding hydrogens is 204 g/mol. The van der Waals surface area contributed by atoms with Crippen LogP contribution in [0.25, 0.3) is 0 Å². The van der Waals surface area contributed by atoms with E-state index in [2.05, 4.69) is 34.4 Å². The van der Waals surface area contributed by atoms with Gasteiger partial charge in [-0.15, -0.1) is 0 Å². The molecule has 1 aromatic heterocycles. The van der Waals surface area contributed by atoms with Crippen LogP contribution in [0.4, 0.5) is 0 Å². The quantitative estimate of drug-likeness (QED) is 0.630. The largest absolute Gasteiger partial charge is 0.356 e. The number of nitrogens with one attached hydrogen (secondary N) is 3. The Morgan fingerprint density at radius 1 is 1.50 bits per heavy atom. The van der Waals surface area contributed by atoms with Gasteiger partial charge < -0.3 is 15.6 Å². The van der Waals surface area contributed by atoms with E-state index in [0.717, 1.165) is 18.7 Å². The van der Waals surface area contributed by atoms with E-state index >= 15 is 0 Å². The van der Waals surface area contributed by atoms with Crippen molar-refractivity contribution in [2.24, 2.45) is 0 Å². The molecule has 1 amide bonds. The minimum Gasteiger partial charge on any atom is -0.356 e. The van der Waals surface area contributed by atoms with Gasteiger partial charge in [-0.3, -0.25) is 4.79 Å². The van der Waals surface area contributed by atoms with E-state index in [1.165, 1.54) is 0 Å². The lowest BCUT2D eigenvalue weighted by molar-refractivity contribution is -0.120. The van der Waals surface area contributed by atoms with Crippen molar-refractivity contribution < 1.29 is 4.79 Å². The summed E-state index contributed by atoms with van der Waals surface area (Å²) in [6, 6.07) is 0.429. The lowest BCUT2D eigenvalue weighted by atomic mass is 10.3. The Bertz CT molecular complexity index is 295. The second kappa shape index (κ2) is 7.00. The fourth-order valence-electron chi connectivity index (χ4n) is 1.32. The van der Waals surface area contributed by atoms with Crippen LogP contribution in [0.2, 0.25) is 0 Å². The Kier molecular flexibility index (Phi) is 5.56. The molecule has 0 atom stereocenters. The fourth-order valence-corrected chi connectivity index (χ4v) is 1.32. The van der Waals surface area contributed by atoms with Crippen LogP contribution in [0.15, 0.2) is 12.5 Å². The first-order valence-corrected chi connectivity index (χ1v) is 5.66. The van der Waals surface area contributed by atoms with Gasteiger partial charge in [0.2, 0.25) is 5.91 Å². The Labute approximate surface area is 96.0 Å². The lowest BCUT2D eigenvalue weighted by Gasteiger charge is -2.08. The molecular formula is C11H20N4O. The number of hydrogen-bond donors (Lipinski definition) is 3. The molecule has 0 bridgehead atoms. The standard InChI is InChI=1S/C11H20N4O/c1-9(2)13-6-4-11(16)14-5-3-10-7-12-8-15-10/h7-9,13H,3-6H2,1-2H3,(H,12,15)(H,14,16). The third-order valence-electron chi connectivity index (χ3n) is 2.18. The van der Waals surface area contributed by atoms with E-state index < -0.39 is 0 Å². The predicted octanol–water partition coefficient (Wildman–Crippen LogP) is 0.457. The maximum atomic E-state index is 11.4. The first kappa shape index (κ1) is 12.7. The molecule has 0 aliphatic carbocycles. The van der Waals surface area contributed by atoms with Crippen LogP contribution in [-0.2, 0) is 11.2 Å². The van der Waals surface area contributed by atoms with Crippen molar-refractivity contribution in [1.82, 2.24) is 20.6 Å².